The van der Waals surface area contributed by atoms with Crippen molar-refractivity contribution in [2.45, 2.75) is 25.4 Å². The topological polar surface area (TPSA) is 61.6 Å². The van der Waals surface area contributed by atoms with Crippen molar-refractivity contribution < 1.29 is 14.3 Å². The molecule has 2 rings (SSSR count). The molecule has 0 bridgehead atoms. The summed E-state index contributed by atoms with van der Waals surface area (Å²) < 4.78 is 10.7. The Labute approximate surface area is 111 Å². The summed E-state index contributed by atoms with van der Waals surface area (Å²) >= 11 is 5.93. The Kier molecular flexibility index (Phi) is 4.44. The molecule has 0 aliphatic carbocycles. The second kappa shape index (κ2) is 6.07. The highest BCUT2D eigenvalue weighted by molar-refractivity contribution is 6.33. The minimum atomic E-state index is -0.436. The van der Waals surface area contributed by atoms with E-state index < -0.39 is 5.97 Å². The van der Waals surface area contributed by atoms with E-state index in [4.69, 9.17) is 26.8 Å². The number of hydrogen-bond acceptors (Lipinski definition) is 4. The Morgan fingerprint density at radius 3 is 3.00 bits per heavy atom. The van der Waals surface area contributed by atoms with E-state index in [0.717, 1.165) is 25.9 Å². The number of nitrogens with two attached hydrogens (primary N) is 1. The first kappa shape index (κ1) is 13.2. The van der Waals surface area contributed by atoms with Gasteiger partial charge in [0.15, 0.2) is 0 Å². The van der Waals surface area contributed by atoms with Gasteiger partial charge in [0.25, 0.3) is 0 Å². The van der Waals surface area contributed by atoms with Crippen LogP contribution in [0.25, 0.3) is 0 Å². The molecule has 1 fully saturated rings. The van der Waals surface area contributed by atoms with E-state index in [9.17, 15) is 4.79 Å². The maximum absolute atomic E-state index is 11.8. The van der Waals surface area contributed by atoms with Crippen LogP contribution in [-0.4, -0.2) is 25.3 Å². The van der Waals surface area contributed by atoms with Crippen molar-refractivity contribution in [1.29, 1.82) is 0 Å². The molecule has 18 heavy (non-hydrogen) atoms. The van der Waals surface area contributed by atoms with Crippen molar-refractivity contribution in [3.63, 3.8) is 0 Å². The van der Waals surface area contributed by atoms with Crippen LogP contribution in [0.1, 0.15) is 29.6 Å². The molecule has 1 aromatic rings. The van der Waals surface area contributed by atoms with E-state index in [0.29, 0.717) is 16.3 Å². The molecule has 1 atom stereocenters. The molecule has 5 heteroatoms. The lowest BCUT2D eigenvalue weighted by Gasteiger charge is -2.22. The third-order valence-electron chi connectivity index (χ3n) is 2.89. The summed E-state index contributed by atoms with van der Waals surface area (Å²) in [6.07, 6.45) is 3.14. The minimum absolute atomic E-state index is 0.00950. The summed E-state index contributed by atoms with van der Waals surface area (Å²) in [5, 5.41) is 0.310. The van der Waals surface area contributed by atoms with Crippen LogP contribution in [0.4, 0.5) is 5.69 Å². The van der Waals surface area contributed by atoms with Gasteiger partial charge >= 0.3 is 5.97 Å². The molecule has 1 aliphatic rings. The lowest BCUT2D eigenvalue weighted by molar-refractivity contribution is -0.0300. The summed E-state index contributed by atoms with van der Waals surface area (Å²) in [5.41, 5.74) is 6.42. The van der Waals surface area contributed by atoms with Crippen LogP contribution in [0, 0.1) is 0 Å². The highest BCUT2D eigenvalue weighted by atomic mass is 35.5. The number of hydrogen-bond donors (Lipinski definition) is 1. The van der Waals surface area contributed by atoms with Crippen molar-refractivity contribution in [1.82, 2.24) is 0 Å². The lowest BCUT2D eigenvalue weighted by Crippen LogP contribution is -2.26. The third-order valence-corrected chi connectivity index (χ3v) is 3.20. The van der Waals surface area contributed by atoms with Gasteiger partial charge < -0.3 is 15.2 Å². The molecule has 98 valence electrons. The van der Waals surface area contributed by atoms with Gasteiger partial charge in [0.2, 0.25) is 0 Å². The minimum Gasteiger partial charge on any atom is -0.459 e. The first-order valence-electron chi connectivity index (χ1n) is 6.00. The first-order chi connectivity index (χ1) is 8.66. The van der Waals surface area contributed by atoms with Gasteiger partial charge in [0.05, 0.1) is 16.7 Å². The number of anilines is 1. The fourth-order valence-electron chi connectivity index (χ4n) is 1.88. The summed E-state index contributed by atoms with van der Waals surface area (Å²) in [7, 11) is 0. The maximum atomic E-state index is 11.8. The SMILES string of the molecule is Nc1ccc(C(=O)OCC2CCCCO2)c(Cl)c1. The number of esters is 1. The van der Waals surface area contributed by atoms with Crippen LogP contribution >= 0.6 is 11.6 Å². The van der Waals surface area contributed by atoms with Crippen LogP contribution in [0.2, 0.25) is 5.02 Å². The predicted molar refractivity (Wildman–Crippen MR) is 69.7 cm³/mol. The molecule has 0 saturated carbocycles. The highest BCUT2D eigenvalue weighted by Gasteiger charge is 2.18. The Morgan fingerprint density at radius 1 is 1.50 bits per heavy atom. The van der Waals surface area contributed by atoms with E-state index in [1.807, 2.05) is 0 Å². The standard InChI is InChI=1S/C13H16ClNO3/c14-12-7-9(15)4-5-11(12)13(16)18-8-10-3-1-2-6-17-10/h4-5,7,10H,1-3,6,8,15H2. The molecule has 0 amide bonds. The van der Waals surface area contributed by atoms with Gasteiger partial charge in [0.1, 0.15) is 6.61 Å². The van der Waals surface area contributed by atoms with Gasteiger partial charge in [-0.05, 0) is 37.5 Å². The average Bonchev–Trinajstić information content (AvgIpc) is 2.37. The molecule has 1 unspecified atom stereocenters. The monoisotopic (exact) mass is 269 g/mol. The van der Waals surface area contributed by atoms with E-state index in [1.54, 1.807) is 12.1 Å². The van der Waals surface area contributed by atoms with Crippen LogP contribution in [-0.2, 0) is 9.47 Å². The zero-order chi connectivity index (χ0) is 13.0. The van der Waals surface area contributed by atoms with Gasteiger partial charge in [-0.15, -0.1) is 0 Å². The normalized spacial score (nSPS) is 19.5. The number of nitrogen functional groups attached to an aromatic ring is 1. The quantitative estimate of drug-likeness (QED) is 0.677. The van der Waals surface area contributed by atoms with Gasteiger partial charge in [-0.2, -0.15) is 0 Å². The molecule has 1 heterocycles. The number of rotatable bonds is 3. The Morgan fingerprint density at radius 2 is 2.33 bits per heavy atom. The van der Waals surface area contributed by atoms with Gasteiger partial charge in [0, 0.05) is 12.3 Å². The number of benzene rings is 1. The molecule has 0 radical (unpaired) electrons. The number of carbonyl (C=O) groups excluding carboxylic acids is 1. The first-order valence-corrected chi connectivity index (χ1v) is 6.38. The van der Waals surface area contributed by atoms with Crippen LogP contribution in [0.15, 0.2) is 18.2 Å². The smallest absolute Gasteiger partial charge is 0.339 e. The zero-order valence-electron chi connectivity index (χ0n) is 10.0. The fraction of sp³-hybridized carbons (Fsp3) is 0.462. The van der Waals surface area contributed by atoms with Crippen molar-refractivity contribution >= 4 is 23.3 Å². The molecular formula is C13H16ClNO3. The lowest BCUT2D eigenvalue weighted by atomic mass is 10.1. The Hall–Kier alpha value is -1.26. The molecule has 0 spiro atoms. The molecule has 1 saturated heterocycles. The number of halogens is 1. The molecular weight excluding hydrogens is 254 g/mol. The molecule has 1 aliphatic heterocycles. The molecule has 1 aromatic carbocycles. The van der Waals surface area contributed by atoms with Crippen LogP contribution < -0.4 is 5.73 Å². The fourth-order valence-corrected chi connectivity index (χ4v) is 2.15. The predicted octanol–water partition coefficient (Wildman–Crippen LogP) is 2.65. The van der Waals surface area contributed by atoms with Crippen molar-refractivity contribution in [3.8, 4) is 0 Å². The van der Waals surface area contributed by atoms with E-state index in [2.05, 4.69) is 0 Å². The molecule has 4 nitrogen and oxygen atoms in total. The summed E-state index contributed by atoms with van der Waals surface area (Å²) in [6.45, 7) is 1.02. The van der Waals surface area contributed by atoms with Crippen LogP contribution in [0.5, 0.6) is 0 Å². The number of carbonyl (C=O) groups is 1. The van der Waals surface area contributed by atoms with E-state index in [-0.39, 0.29) is 12.7 Å². The number of ether oxygens (including phenoxy) is 2. The van der Waals surface area contributed by atoms with Gasteiger partial charge in [-0.25, -0.2) is 4.79 Å². The summed E-state index contributed by atoms with van der Waals surface area (Å²) in [4.78, 5) is 11.8. The maximum Gasteiger partial charge on any atom is 0.339 e. The zero-order valence-corrected chi connectivity index (χ0v) is 10.8. The summed E-state index contributed by atoms with van der Waals surface area (Å²) in [6, 6.07) is 4.73. The second-order valence-electron chi connectivity index (χ2n) is 4.33. The summed E-state index contributed by atoms with van der Waals surface area (Å²) in [5.74, 6) is -0.436. The van der Waals surface area contributed by atoms with Crippen molar-refractivity contribution in [3.05, 3.63) is 28.8 Å². The average molecular weight is 270 g/mol. The van der Waals surface area contributed by atoms with Crippen molar-refractivity contribution in [2.24, 2.45) is 0 Å². The largest absolute Gasteiger partial charge is 0.459 e. The third kappa shape index (κ3) is 3.37. The van der Waals surface area contributed by atoms with Crippen molar-refractivity contribution in [2.75, 3.05) is 18.9 Å². The second-order valence-corrected chi connectivity index (χ2v) is 4.73. The highest BCUT2D eigenvalue weighted by Crippen LogP contribution is 2.20. The Balaban J connectivity index is 1.90. The molecule has 2 N–H and O–H groups in total. The van der Waals surface area contributed by atoms with Gasteiger partial charge in [-0.3, -0.25) is 0 Å². The van der Waals surface area contributed by atoms with E-state index in [1.165, 1.54) is 6.07 Å². The molecule has 0 aromatic heterocycles. The van der Waals surface area contributed by atoms with Crippen LogP contribution in [0.3, 0.4) is 0 Å². The Bertz CT molecular complexity index is 430. The van der Waals surface area contributed by atoms with E-state index >= 15 is 0 Å². The van der Waals surface area contributed by atoms with Gasteiger partial charge in [-0.1, -0.05) is 11.6 Å².